The van der Waals surface area contributed by atoms with Gasteiger partial charge in [-0.15, -0.1) is 21.5 Å². The van der Waals surface area contributed by atoms with Crippen molar-refractivity contribution in [3.05, 3.63) is 52.0 Å². The van der Waals surface area contributed by atoms with Crippen LogP contribution in [-0.4, -0.2) is 39.2 Å². The normalized spacial score (nSPS) is 14.0. The molecule has 2 amide bonds. The van der Waals surface area contributed by atoms with Crippen LogP contribution in [0.2, 0.25) is 0 Å². The number of urea groups is 1. The van der Waals surface area contributed by atoms with Gasteiger partial charge in [0, 0.05) is 37.1 Å². The van der Waals surface area contributed by atoms with Crippen LogP contribution in [0.25, 0.3) is 11.3 Å². The molecule has 3 N–H and O–H groups in total. The van der Waals surface area contributed by atoms with Gasteiger partial charge in [-0.2, -0.15) is 0 Å². The van der Waals surface area contributed by atoms with E-state index in [1.165, 1.54) is 18.2 Å². The van der Waals surface area contributed by atoms with Gasteiger partial charge in [-0.25, -0.2) is 18.6 Å². The van der Waals surface area contributed by atoms with Gasteiger partial charge in [0.1, 0.15) is 21.6 Å². The number of benzene rings is 1. The van der Waals surface area contributed by atoms with Crippen LogP contribution in [-0.2, 0) is 6.42 Å². The summed E-state index contributed by atoms with van der Waals surface area (Å²) in [6.07, 6.45) is 0.787. The number of nitrogens with one attached hydrogen (secondary N) is 1. The summed E-state index contributed by atoms with van der Waals surface area (Å²) in [5, 5.41) is 12.7. The van der Waals surface area contributed by atoms with Crippen molar-refractivity contribution in [1.82, 2.24) is 20.1 Å². The first-order valence-corrected chi connectivity index (χ1v) is 9.77. The van der Waals surface area contributed by atoms with Crippen LogP contribution in [0.4, 0.5) is 25.1 Å². The molecular formula is C19H18F2N6OS. The van der Waals surface area contributed by atoms with Crippen molar-refractivity contribution in [1.29, 1.82) is 0 Å². The number of likely N-dealkylation sites (tertiary alicyclic amines) is 1. The molecule has 3 aromatic rings. The third-order valence-electron chi connectivity index (χ3n) is 4.63. The van der Waals surface area contributed by atoms with Gasteiger partial charge in [0.15, 0.2) is 5.82 Å². The first-order chi connectivity index (χ1) is 13.9. The lowest BCUT2D eigenvalue weighted by atomic mass is 9.97. The average Bonchev–Trinajstić information content (AvgIpc) is 3.05. The number of hydrogen-bond acceptors (Lipinski definition) is 6. The molecule has 4 rings (SSSR count). The predicted octanol–water partition coefficient (Wildman–Crippen LogP) is 3.48. The zero-order chi connectivity index (χ0) is 20.5. The van der Waals surface area contributed by atoms with Gasteiger partial charge in [-0.05, 0) is 31.2 Å². The number of anilines is 2. The Labute approximate surface area is 169 Å². The molecule has 0 saturated carbocycles. The standard InChI is InChI=1S/C19H18F2N6OS/c1-10-25-26-17(29-10)6-11-8-27(9-11)19(28)24-18-15(22)4-5-16(23-18)13-3-2-12(20)7-14(13)21/h2-5,7,11H,6,8-9,22H2,1H3,(H,23,24,28). The van der Waals surface area contributed by atoms with Gasteiger partial charge in [0.05, 0.1) is 11.4 Å². The summed E-state index contributed by atoms with van der Waals surface area (Å²) < 4.78 is 27.2. The molecule has 3 heterocycles. The van der Waals surface area contributed by atoms with Gasteiger partial charge in [-0.1, -0.05) is 0 Å². The van der Waals surface area contributed by atoms with E-state index in [4.69, 9.17) is 5.73 Å². The first kappa shape index (κ1) is 19.2. The molecule has 150 valence electrons. The van der Waals surface area contributed by atoms with Gasteiger partial charge >= 0.3 is 6.03 Å². The number of amides is 2. The maximum absolute atomic E-state index is 14.0. The second-order valence-corrected chi connectivity index (χ2v) is 8.14. The number of halogens is 2. The van der Waals surface area contributed by atoms with Crippen LogP contribution in [0.1, 0.15) is 10.0 Å². The largest absolute Gasteiger partial charge is 0.396 e. The van der Waals surface area contributed by atoms with Gasteiger partial charge in [0.2, 0.25) is 0 Å². The fourth-order valence-electron chi connectivity index (χ4n) is 3.13. The molecule has 10 heteroatoms. The molecule has 1 saturated heterocycles. The summed E-state index contributed by atoms with van der Waals surface area (Å²) in [4.78, 5) is 18.4. The van der Waals surface area contributed by atoms with E-state index in [-0.39, 0.29) is 28.8 Å². The highest BCUT2D eigenvalue weighted by atomic mass is 32.1. The van der Waals surface area contributed by atoms with Crippen molar-refractivity contribution < 1.29 is 13.6 Å². The number of nitrogens with two attached hydrogens (primary N) is 1. The second kappa shape index (κ2) is 7.70. The average molecular weight is 416 g/mol. The van der Waals surface area contributed by atoms with E-state index in [1.54, 1.807) is 16.2 Å². The molecule has 0 radical (unpaired) electrons. The third kappa shape index (κ3) is 4.16. The van der Waals surface area contributed by atoms with Crippen molar-refractivity contribution in [3.8, 4) is 11.3 Å². The number of aryl methyl sites for hydroxylation is 1. The van der Waals surface area contributed by atoms with E-state index in [2.05, 4.69) is 20.5 Å². The summed E-state index contributed by atoms with van der Waals surface area (Å²) in [6.45, 7) is 3.10. The SMILES string of the molecule is Cc1nnc(CC2CN(C(=O)Nc3nc(-c4ccc(F)cc4F)ccc3N)C2)s1. The summed E-state index contributed by atoms with van der Waals surface area (Å²) in [7, 11) is 0. The summed E-state index contributed by atoms with van der Waals surface area (Å²) >= 11 is 1.56. The highest BCUT2D eigenvalue weighted by Crippen LogP contribution is 2.27. The number of aromatic nitrogens is 3. The molecule has 2 aromatic heterocycles. The fraction of sp³-hybridized carbons (Fsp3) is 0.263. The molecule has 0 atom stereocenters. The molecule has 1 aromatic carbocycles. The molecule has 7 nitrogen and oxygen atoms in total. The van der Waals surface area contributed by atoms with Crippen LogP contribution in [0.15, 0.2) is 30.3 Å². The van der Waals surface area contributed by atoms with Gasteiger partial charge in [-0.3, -0.25) is 5.32 Å². The molecule has 1 aliphatic heterocycles. The topological polar surface area (TPSA) is 97.0 Å². The van der Waals surface area contributed by atoms with Crippen molar-refractivity contribution in [2.24, 2.45) is 5.92 Å². The van der Waals surface area contributed by atoms with Crippen molar-refractivity contribution in [3.63, 3.8) is 0 Å². The Balaban J connectivity index is 1.41. The molecular weight excluding hydrogens is 398 g/mol. The molecule has 1 fully saturated rings. The number of pyridine rings is 1. The minimum absolute atomic E-state index is 0.123. The number of nitrogen functional groups attached to an aromatic ring is 1. The van der Waals surface area contributed by atoms with Crippen LogP contribution in [0.3, 0.4) is 0 Å². The predicted molar refractivity (Wildman–Crippen MR) is 106 cm³/mol. The van der Waals surface area contributed by atoms with Crippen molar-refractivity contribution in [2.75, 3.05) is 24.1 Å². The smallest absolute Gasteiger partial charge is 0.323 e. The lowest BCUT2D eigenvalue weighted by molar-refractivity contribution is 0.131. The zero-order valence-electron chi connectivity index (χ0n) is 15.5. The maximum Gasteiger partial charge on any atom is 0.323 e. The van der Waals surface area contributed by atoms with E-state index in [9.17, 15) is 13.6 Å². The van der Waals surface area contributed by atoms with E-state index in [0.29, 0.717) is 19.0 Å². The van der Waals surface area contributed by atoms with Crippen LogP contribution < -0.4 is 11.1 Å². The van der Waals surface area contributed by atoms with E-state index in [0.717, 1.165) is 28.6 Å². The molecule has 0 aliphatic carbocycles. The number of nitrogens with zero attached hydrogens (tertiary/aromatic N) is 4. The maximum atomic E-state index is 14.0. The molecule has 0 spiro atoms. The van der Waals surface area contributed by atoms with Gasteiger partial charge in [0.25, 0.3) is 0 Å². The Bertz CT molecular complexity index is 1070. The number of carbonyl (C=O) groups is 1. The Morgan fingerprint density at radius 1 is 1.28 bits per heavy atom. The van der Waals surface area contributed by atoms with Crippen molar-refractivity contribution in [2.45, 2.75) is 13.3 Å². The van der Waals surface area contributed by atoms with Gasteiger partial charge < -0.3 is 10.6 Å². The lowest BCUT2D eigenvalue weighted by Crippen LogP contribution is -2.52. The summed E-state index contributed by atoms with van der Waals surface area (Å²) in [5.41, 5.74) is 6.54. The summed E-state index contributed by atoms with van der Waals surface area (Å²) in [6, 6.07) is 5.94. The molecule has 0 unspecified atom stereocenters. The minimum atomic E-state index is -0.739. The Hall–Kier alpha value is -3.14. The third-order valence-corrected chi connectivity index (χ3v) is 5.50. The van der Waals surface area contributed by atoms with E-state index >= 15 is 0 Å². The first-order valence-electron chi connectivity index (χ1n) is 8.96. The number of carbonyl (C=O) groups excluding carboxylic acids is 1. The molecule has 0 bridgehead atoms. The Morgan fingerprint density at radius 2 is 2.07 bits per heavy atom. The number of hydrogen-bond donors (Lipinski definition) is 2. The minimum Gasteiger partial charge on any atom is -0.396 e. The lowest BCUT2D eigenvalue weighted by Gasteiger charge is -2.38. The van der Waals surface area contributed by atoms with Crippen LogP contribution >= 0.6 is 11.3 Å². The number of rotatable bonds is 4. The Morgan fingerprint density at radius 3 is 2.76 bits per heavy atom. The van der Waals surface area contributed by atoms with Crippen molar-refractivity contribution >= 4 is 28.9 Å². The van der Waals surface area contributed by atoms with E-state index in [1.807, 2.05) is 6.92 Å². The fourth-order valence-corrected chi connectivity index (χ4v) is 3.95. The zero-order valence-corrected chi connectivity index (χ0v) is 16.3. The highest BCUT2D eigenvalue weighted by molar-refractivity contribution is 7.11. The second-order valence-electron chi connectivity index (χ2n) is 6.88. The monoisotopic (exact) mass is 416 g/mol. The molecule has 29 heavy (non-hydrogen) atoms. The quantitative estimate of drug-likeness (QED) is 0.679. The van der Waals surface area contributed by atoms with Crippen LogP contribution in [0.5, 0.6) is 0 Å². The van der Waals surface area contributed by atoms with Crippen LogP contribution in [0, 0.1) is 24.5 Å². The highest BCUT2D eigenvalue weighted by Gasteiger charge is 2.32. The summed E-state index contributed by atoms with van der Waals surface area (Å²) in [5.74, 6) is -0.944. The van der Waals surface area contributed by atoms with E-state index < -0.39 is 11.6 Å². The molecule has 1 aliphatic rings. The Kier molecular flexibility index (Phi) is 5.10.